The van der Waals surface area contributed by atoms with E-state index in [9.17, 15) is 8.42 Å². The number of aryl methyl sites for hydroxylation is 2. The van der Waals surface area contributed by atoms with Crippen molar-refractivity contribution in [2.24, 2.45) is 0 Å². The molecule has 2 N–H and O–H groups in total. The summed E-state index contributed by atoms with van der Waals surface area (Å²) in [6.07, 6.45) is 3.09. The van der Waals surface area contributed by atoms with E-state index in [1.807, 2.05) is 26.0 Å². The van der Waals surface area contributed by atoms with Crippen LogP contribution in [0.5, 0.6) is 0 Å². The van der Waals surface area contributed by atoms with Crippen molar-refractivity contribution >= 4 is 31.6 Å². The van der Waals surface area contributed by atoms with Crippen LogP contribution in [0, 0.1) is 13.8 Å². The van der Waals surface area contributed by atoms with Crippen LogP contribution in [0.15, 0.2) is 16.6 Å². The minimum absolute atomic E-state index is 0.154. The highest BCUT2D eigenvalue weighted by atomic mass is 79.9. The van der Waals surface area contributed by atoms with E-state index in [0.717, 1.165) is 22.1 Å². The normalized spacial score (nSPS) is 15.3. The highest BCUT2D eigenvalue weighted by Crippen LogP contribution is 2.26. The maximum absolute atomic E-state index is 12.1. The molecular formula is C14H21BrN2O2S. The molecule has 20 heavy (non-hydrogen) atoms. The lowest BCUT2D eigenvalue weighted by molar-refractivity contribution is 0.593. The van der Waals surface area contributed by atoms with Gasteiger partial charge in [-0.05, 0) is 62.9 Å². The van der Waals surface area contributed by atoms with Crippen LogP contribution in [-0.2, 0) is 10.0 Å². The Morgan fingerprint density at radius 2 is 1.85 bits per heavy atom. The molecule has 1 aliphatic rings. The van der Waals surface area contributed by atoms with E-state index in [4.69, 9.17) is 0 Å². The summed E-state index contributed by atoms with van der Waals surface area (Å²) in [5.74, 6) is 0.154. The third-order valence-corrected chi connectivity index (χ3v) is 5.15. The van der Waals surface area contributed by atoms with Crippen LogP contribution in [-0.4, -0.2) is 26.8 Å². The van der Waals surface area contributed by atoms with Gasteiger partial charge in [-0.1, -0.05) is 15.9 Å². The summed E-state index contributed by atoms with van der Waals surface area (Å²) in [6, 6.07) is 4.46. The number of hydrogen-bond donors (Lipinski definition) is 2. The van der Waals surface area contributed by atoms with Crippen LogP contribution in [0.3, 0.4) is 0 Å². The molecular weight excluding hydrogens is 340 g/mol. The third kappa shape index (κ3) is 4.75. The summed E-state index contributed by atoms with van der Waals surface area (Å²) in [6.45, 7) is 4.58. The number of benzene rings is 1. The van der Waals surface area contributed by atoms with E-state index in [0.29, 0.717) is 18.2 Å². The maximum atomic E-state index is 12.1. The first-order valence-corrected chi connectivity index (χ1v) is 9.32. The molecule has 0 radical (unpaired) electrons. The van der Waals surface area contributed by atoms with Gasteiger partial charge in [-0.3, -0.25) is 4.72 Å². The fourth-order valence-electron chi connectivity index (χ4n) is 2.13. The molecule has 1 aromatic carbocycles. The van der Waals surface area contributed by atoms with Gasteiger partial charge in [0, 0.05) is 10.5 Å². The highest BCUT2D eigenvalue weighted by molar-refractivity contribution is 9.10. The second kappa shape index (κ2) is 6.45. The zero-order chi connectivity index (χ0) is 14.8. The summed E-state index contributed by atoms with van der Waals surface area (Å²) < 4.78 is 27.9. The molecule has 0 spiro atoms. The average Bonchev–Trinajstić information content (AvgIpc) is 3.13. The Morgan fingerprint density at radius 3 is 2.40 bits per heavy atom. The van der Waals surface area contributed by atoms with Gasteiger partial charge in [-0.2, -0.15) is 0 Å². The van der Waals surface area contributed by atoms with E-state index in [1.54, 1.807) is 0 Å². The van der Waals surface area contributed by atoms with E-state index in [2.05, 4.69) is 26.0 Å². The third-order valence-electron chi connectivity index (χ3n) is 3.36. The summed E-state index contributed by atoms with van der Waals surface area (Å²) in [5.41, 5.74) is 2.55. The van der Waals surface area contributed by atoms with Crippen molar-refractivity contribution in [1.29, 1.82) is 0 Å². The van der Waals surface area contributed by atoms with Crippen molar-refractivity contribution in [2.75, 3.05) is 17.0 Å². The van der Waals surface area contributed by atoms with Gasteiger partial charge in [0.2, 0.25) is 10.0 Å². The molecule has 1 aliphatic carbocycles. The Hall–Kier alpha value is -0.590. The van der Waals surface area contributed by atoms with Crippen molar-refractivity contribution in [3.63, 3.8) is 0 Å². The summed E-state index contributed by atoms with van der Waals surface area (Å²) in [5, 5.41) is 3.32. The largest absolute Gasteiger partial charge is 0.314 e. The molecule has 0 unspecified atom stereocenters. The lowest BCUT2D eigenvalue weighted by Gasteiger charge is -2.14. The zero-order valence-electron chi connectivity index (χ0n) is 11.9. The number of nitrogens with one attached hydrogen (secondary N) is 2. The smallest absolute Gasteiger partial charge is 0.232 e. The standard InChI is InChI=1S/C14H21BrN2O2S/c1-10-8-12(15)9-11(2)14(10)17-20(18,19)7-3-6-16-13-4-5-13/h8-9,13,16-17H,3-7H2,1-2H3. The van der Waals surface area contributed by atoms with Crippen LogP contribution in [0.2, 0.25) is 0 Å². The minimum Gasteiger partial charge on any atom is -0.314 e. The highest BCUT2D eigenvalue weighted by Gasteiger charge is 2.20. The molecule has 0 saturated heterocycles. The van der Waals surface area contributed by atoms with E-state index in [1.165, 1.54) is 12.8 Å². The van der Waals surface area contributed by atoms with Gasteiger partial charge in [0.25, 0.3) is 0 Å². The lowest BCUT2D eigenvalue weighted by Crippen LogP contribution is -2.23. The average molecular weight is 361 g/mol. The molecule has 0 heterocycles. The van der Waals surface area contributed by atoms with Crippen molar-refractivity contribution in [2.45, 2.75) is 39.2 Å². The molecule has 1 fully saturated rings. The Morgan fingerprint density at radius 1 is 1.25 bits per heavy atom. The number of sulfonamides is 1. The van der Waals surface area contributed by atoms with Crippen molar-refractivity contribution < 1.29 is 8.42 Å². The first-order valence-electron chi connectivity index (χ1n) is 6.88. The number of halogens is 1. The molecule has 1 aromatic rings. The summed E-state index contributed by atoms with van der Waals surface area (Å²) in [7, 11) is -3.28. The molecule has 2 rings (SSSR count). The molecule has 0 bridgehead atoms. The van der Waals surface area contributed by atoms with Crippen LogP contribution in [0.4, 0.5) is 5.69 Å². The fraction of sp³-hybridized carbons (Fsp3) is 0.571. The molecule has 1 saturated carbocycles. The first kappa shape index (κ1) is 15.8. The Kier molecular flexibility index (Phi) is 5.09. The van der Waals surface area contributed by atoms with Gasteiger partial charge in [0.05, 0.1) is 11.4 Å². The molecule has 4 nitrogen and oxygen atoms in total. The number of rotatable bonds is 7. The van der Waals surface area contributed by atoms with Gasteiger partial charge >= 0.3 is 0 Å². The van der Waals surface area contributed by atoms with Gasteiger partial charge in [0.1, 0.15) is 0 Å². The van der Waals surface area contributed by atoms with E-state index >= 15 is 0 Å². The van der Waals surface area contributed by atoms with Crippen LogP contribution >= 0.6 is 15.9 Å². The molecule has 0 aromatic heterocycles. The van der Waals surface area contributed by atoms with Crippen LogP contribution in [0.25, 0.3) is 0 Å². The van der Waals surface area contributed by atoms with Gasteiger partial charge in [0.15, 0.2) is 0 Å². The lowest BCUT2D eigenvalue weighted by atomic mass is 10.1. The van der Waals surface area contributed by atoms with Crippen molar-refractivity contribution in [3.8, 4) is 0 Å². The molecule has 6 heteroatoms. The van der Waals surface area contributed by atoms with Crippen LogP contribution in [0.1, 0.15) is 30.4 Å². The summed E-state index contributed by atoms with van der Waals surface area (Å²) in [4.78, 5) is 0. The van der Waals surface area contributed by atoms with Gasteiger partial charge < -0.3 is 5.32 Å². The Labute approximate surface area is 129 Å². The predicted molar refractivity (Wildman–Crippen MR) is 86.7 cm³/mol. The van der Waals surface area contributed by atoms with E-state index < -0.39 is 10.0 Å². The monoisotopic (exact) mass is 360 g/mol. The van der Waals surface area contributed by atoms with Crippen LogP contribution < -0.4 is 10.0 Å². The Bertz CT molecular complexity index is 560. The van der Waals surface area contributed by atoms with Gasteiger partial charge in [-0.15, -0.1) is 0 Å². The Balaban J connectivity index is 1.93. The minimum atomic E-state index is -3.28. The second-order valence-corrected chi connectivity index (χ2v) is 8.18. The summed E-state index contributed by atoms with van der Waals surface area (Å²) >= 11 is 3.41. The number of hydrogen-bond acceptors (Lipinski definition) is 3. The van der Waals surface area contributed by atoms with E-state index in [-0.39, 0.29) is 5.75 Å². The van der Waals surface area contributed by atoms with Crippen molar-refractivity contribution in [1.82, 2.24) is 5.32 Å². The van der Waals surface area contributed by atoms with Crippen molar-refractivity contribution in [3.05, 3.63) is 27.7 Å². The topological polar surface area (TPSA) is 58.2 Å². The fourth-order valence-corrected chi connectivity index (χ4v) is 4.08. The maximum Gasteiger partial charge on any atom is 0.232 e. The molecule has 0 atom stereocenters. The number of anilines is 1. The quantitative estimate of drug-likeness (QED) is 0.734. The molecule has 0 aliphatic heterocycles. The molecule has 0 amide bonds. The SMILES string of the molecule is Cc1cc(Br)cc(C)c1NS(=O)(=O)CCCNC1CC1. The van der Waals surface area contributed by atoms with Gasteiger partial charge in [-0.25, -0.2) is 8.42 Å². The zero-order valence-corrected chi connectivity index (χ0v) is 14.3. The first-order chi connectivity index (χ1) is 9.37. The predicted octanol–water partition coefficient (Wildman–Crippen LogP) is 2.95. The second-order valence-electron chi connectivity index (χ2n) is 5.42. The molecule has 112 valence electrons.